The summed E-state index contributed by atoms with van der Waals surface area (Å²) in [5.74, 6) is -2.57. The Morgan fingerprint density at radius 2 is 2.11 bits per heavy atom. The maximum Gasteiger partial charge on any atom is 0.303 e. The van der Waals surface area contributed by atoms with E-state index in [9.17, 15) is 24.3 Å². The van der Waals surface area contributed by atoms with Crippen LogP contribution in [0.4, 0.5) is 0 Å². The fourth-order valence-corrected chi connectivity index (χ4v) is 3.06. The first-order valence-corrected chi connectivity index (χ1v) is 8.62. The summed E-state index contributed by atoms with van der Waals surface area (Å²) in [6.07, 6.45) is 2.42. The minimum atomic E-state index is -1.01. The Bertz CT molecular complexity index is 718. The van der Waals surface area contributed by atoms with Gasteiger partial charge in [0.1, 0.15) is 12.1 Å². The van der Waals surface area contributed by atoms with Gasteiger partial charge in [-0.1, -0.05) is 0 Å². The lowest BCUT2D eigenvalue weighted by Crippen LogP contribution is -2.53. The summed E-state index contributed by atoms with van der Waals surface area (Å²) in [5, 5.41) is 20.5. The second kappa shape index (κ2) is 9.01. The quantitative estimate of drug-likeness (QED) is 0.359. The number of nitrogens with one attached hydrogen (secondary N) is 2. The van der Waals surface area contributed by atoms with Gasteiger partial charge in [-0.25, -0.2) is 4.98 Å². The molecule has 0 unspecified atom stereocenters. The van der Waals surface area contributed by atoms with Gasteiger partial charge in [0.15, 0.2) is 0 Å². The van der Waals surface area contributed by atoms with E-state index < -0.39 is 35.8 Å². The van der Waals surface area contributed by atoms with Crippen LogP contribution >= 0.6 is 0 Å². The van der Waals surface area contributed by atoms with Crippen LogP contribution < -0.4 is 11.1 Å². The number of aromatic nitrogens is 2. The molecule has 27 heavy (non-hydrogen) atoms. The van der Waals surface area contributed by atoms with Crippen molar-refractivity contribution >= 4 is 23.7 Å². The number of rotatable bonds is 9. The summed E-state index contributed by atoms with van der Waals surface area (Å²) >= 11 is 0. The van der Waals surface area contributed by atoms with Gasteiger partial charge in [-0.2, -0.15) is 0 Å². The molecule has 1 aliphatic rings. The maximum atomic E-state index is 12.9. The zero-order valence-electron chi connectivity index (χ0n) is 14.7. The van der Waals surface area contributed by atoms with Crippen LogP contribution in [0, 0.1) is 0 Å². The molecule has 2 atom stereocenters. The van der Waals surface area contributed by atoms with Crippen molar-refractivity contribution in [3.8, 4) is 6.01 Å². The summed E-state index contributed by atoms with van der Waals surface area (Å²) in [6, 6.07) is -2.05. The van der Waals surface area contributed by atoms with Crippen LogP contribution in [0.3, 0.4) is 0 Å². The van der Waals surface area contributed by atoms with Gasteiger partial charge < -0.3 is 31.1 Å². The number of nitrogens with two attached hydrogens (primary N) is 1. The first-order valence-electron chi connectivity index (χ1n) is 8.62. The highest BCUT2D eigenvalue weighted by atomic mass is 16.4. The van der Waals surface area contributed by atoms with E-state index in [0.29, 0.717) is 25.1 Å². The molecule has 0 aliphatic carbocycles. The van der Waals surface area contributed by atoms with Gasteiger partial charge in [-0.05, 0) is 19.3 Å². The number of aromatic amines is 1. The highest BCUT2D eigenvalue weighted by molar-refractivity contribution is 5.92. The van der Waals surface area contributed by atoms with Crippen LogP contribution in [-0.4, -0.2) is 67.4 Å². The average molecular weight is 381 g/mol. The van der Waals surface area contributed by atoms with E-state index in [1.807, 2.05) is 0 Å². The van der Waals surface area contributed by atoms with Crippen LogP contribution in [-0.2, 0) is 25.6 Å². The molecule has 11 heteroatoms. The second-order valence-corrected chi connectivity index (χ2v) is 6.38. The highest BCUT2D eigenvalue weighted by Gasteiger charge is 2.36. The lowest BCUT2D eigenvalue weighted by molar-refractivity contribution is -0.140. The molecule has 0 bridgehead atoms. The third-order valence-electron chi connectivity index (χ3n) is 4.32. The number of hydrogen-bond donors (Lipinski definition) is 5. The molecule has 1 aromatic heterocycles. The number of likely N-dealkylation sites (tertiary alicyclic amines) is 1. The molecule has 148 valence electrons. The van der Waals surface area contributed by atoms with Gasteiger partial charge >= 0.3 is 5.97 Å². The van der Waals surface area contributed by atoms with Crippen molar-refractivity contribution in [3.63, 3.8) is 0 Å². The normalized spacial score (nSPS) is 17.5. The number of primary amides is 1. The number of carboxylic acid groups (broad SMARTS) is 1. The van der Waals surface area contributed by atoms with E-state index >= 15 is 0 Å². The molecule has 0 spiro atoms. The van der Waals surface area contributed by atoms with Crippen molar-refractivity contribution in [1.82, 2.24) is 20.2 Å². The first-order chi connectivity index (χ1) is 12.8. The summed E-state index contributed by atoms with van der Waals surface area (Å²) in [4.78, 5) is 54.8. The van der Waals surface area contributed by atoms with Gasteiger partial charge in [-0.15, -0.1) is 0 Å². The molecule has 0 saturated carbocycles. The van der Waals surface area contributed by atoms with Crippen molar-refractivity contribution in [2.45, 2.75) is 50.6 Å². The number of carbonyl (C=O) groups is 4. The van der Waals surface area contributed by atoms with E-state index in [1.165, 1.54) is 11.1 Å². The molecule has 1 aliphatic heterocycles. The Labute approximate surface area is 154 Å². The monoisotopic (exact) mass is 381 g/mol. The largest absolute Gasteiger partial charge is 0.481 e. The predicted octanol–water partition coefficient (Wildman–Crippen LogP) is -1.13. The molecule has 1 saturated heterocycles. The smallest absolute Gasteiger partial charge is 0.303 e. The third-order valence-corrected chi connectivity index (χ3v) is 4.32. The molecule has 1 fully saturated rings. The van der Waals surface area contributed by atoms with Crippen molar-refractivity contribution in [2.75, 3.05) is 6.54 Å². The van der Waals surface area contributed by atoms with Gasteiger partial charge in [0.05, 0.1) is 5.69 Å². The lowest BCUT2D eigenvalue weighted by Gasteiger charge is -2.27. The molecule has 2 heterocycles. The SMILES string of the molecule is NC(=O)[C@@H]1CCCN1C(=O)[C@H](Cc1c[nH]c(O)n1)NC(=O)CCCC(=O)O. The van der Waals surface area contributed by atoms with E-state index in [0.717, 1.165) is 0 Å². The van der Waals surface area contributed by atoms with E-state index in [1.54, 1.807) is 0 Å². The number of carbonyl (C=O) groups excluding carboxylic acids is 3. The van der Waals surface area contributed by atoms with Gasteiger partial charge in [0.2, 0.25) is 17.7 Å². The van der Waals surface area contributed by atoms with Crippen LogP contribution in [0.2, 0.25) is 0 Å². The first kappa shape index (κ1) is 20.2. The number of hydrogen-bond acceptors (Lipinski definition) is 6. The maximum absolute atomic E-state index is 12.9. The van der Waals surface area contributed by atoms with Gasteiger partial charge in [0, 0.05) is 32.0 Å². The Morgan fingerprint density at radius 3 is 2.70 bits per heavy atom. The fraction of sp³-hybridized carbons (Fsp3) is 0.562. The summed E-state index contributed by atoms with van der Waals surface area (Å²) in [7, 11) is 0. The number of imidazole rings is 1. The predicted molar refractivity (Wildman–Crippen MR) is 91.3 cm³/mol. The van der Waals surface area contributed by atoms with Crippen LogP contribution in [0.1, 0.15) is 37.8 Å². The highest BCUT2D eigenvalue weighted by Crippen LogP contribution is 2.19. The standard InChI is InChI=1S/C16H23N5O6/c17-14(25)11-3-2-6-21(11)15(26)10(7-9-8-18-16(27)19-9)20-12(22)4-1-5-13(23)24/h8,10-11H,1-7H2,(H2,17,25)(H,20,22)(H,23,24)(H2,18,19,27)/t10-,11-/m0/s1. The fourth-order valence-electron chi connectivity index (χ4n) is 3.06. The topological polar surface area (TPSA) is 179 Å². The molecule has 6 N–H and O–H groups in total. The molecular formula is C16H23N5O6. The molecule has 0 radical (unpaired) electrons. The molecular weight excluding hydrogens is 358 g/mol. The van der Waals surface area contributed by atoms with Crippen molar-refractivity contribution in [1.29, 1.82) is 0 Å². The molecule has 3 amide bonds. The summed E-state index contributed by atoms with van der Waals surface area (Å²) < 4.78 is 0. The van der Waals surface area contributed by atoms with Gasteiger partial charge in [-0.3, -0.25) is 19.2 Å². The van der Waals surface area contributed by atoms with Crippen LogP contribution in [0.5, 0.6) is 6.01 Å². The third kappa shape index (κ3) is 5.69. The van der Waals surface area contributed by atoms with Crippen LogP contribution in [0.15, 0.2) is 6.20 Å². The van der Waals surface area contributed by atoms with Gasteiger partial charge in [0.25, 0.3) is 6.01 Å². The van der Waals surface area contributed by atoms with E-state index in [2.05, 4.69) is 15.3 Å². The number of aliphatic carboxylic acids is 1. The van der Waals surface area contributed by atoms with E-state index in [4.69, 9.17) is 10.8 Å². The average Bonchev–Trinajstić information content (AvgIpc) is 3.22. The number of aromatic hydroxyl groups is 1. The zero-order valence-corrected chi connectivity index (χ0v) is 14.7. The Kier molecular flexibility index (Phi) is 6.74. The number of carboxylic acids is 1. The molecule has 2 rings (SSSR count). The number of amides is 3. The zero-order chi connectivity index (χ0) is 20.0. The van der Waals surface area contributed by atoms with Crippen molar-refractivity contribution in [2.24, 2.45) is 5.73 Å². The Morgan fingerprint density at radius 1 is 1.37 bits per heavy atom. The lowest BCUT2D eigenvalue weighted by atomic mass is 10.1. The van der Waals surface area contributed by atoms with Crippen molar-refractivity contribution in [3.05, 3.63) is 11.9 Å². The summed E-state index contributed by atoms with van der Waals surface area (Å²) in [5.41, 5.74) is 5.70. The van der Waals surface area contributed by atoms with E-state index in [-0.39, 0.29) is 31.7 Å². The van der Waals surface area contributed by atoms with Crippen LogP contribution in [0.25, 0.3) is 0 Å². The Hall–Kier alpha value is -3.11. The second-order valence-electron chi connectivity index (χ2n) is 6.38. The molecule has 11 nitrogen and oxygen atoms in total. The van der Waals surface area contributed by atoms with Crippen molar-refractivity contribution < 1.29 is 29.4 Å². The molecule has 0 aromatic carbocycles. The molecule has 1 aromatic rings. The number of H-pyrrole nitrogens is 1. The minimum absolute atomic E-state index is 0.00253. The Balaban J connectivity index is 2.08. The summed E-state index contributed by atoms with van der Waals surface area (Å²) in [6.45, 7) is 0.351. The minimum Gasteiger partial charge on any atom is -0.481 e. The number of nitrogens with zero attached hydrogens (tertiary/aromatic N) is 2.